The number of nitrogens with one attached hydrogen (secondary N) is 1. The van der Waals surface area contributed by atoms with Crippen molar-refractivity contribution < 1.29 is 9.32 Å². The summed E-state index contributed by atoms with van der Waals surface area (Å²) in [7, 11) is 0. The Kier molecular flexibility index (Phi) is 5.28. The maximum atomic E-state index is 12.1. The zero-order valence-corrected chi connectivity index (χ0v) is 15.6. The Labute approximate surface area is 153 Å². The minimum absolute atomic E-state index is 0.138. The van der Waals surface area contributed by atoms with Gasteiger partial charge in [0.2, 0.25) is 11.9 Å². The van der Waals surface area contributed by atoms with Crippen molar-refractivity contribution in [2.45, 2.75) is 33.2 Å². The average molecular weight is 404 g/mol. The van der Waals surface area contributed by atoms with Crippen LogP contribution in [0.25, 0.3) is 0 Å². The van der Waals surface area contributed by atoms with E-state index in [-0.39, 0.29) is 5.91 Å². The summed E-state index contributed by atoms with van der Waals surface area (Å²) in [5.41, 5.74) is 2.90. The Bertz CT molecular complexity index is 850. The van der Waals surface area contributed by atoms with Crippen LogP contribution in [0.4, 0.5) is 5.95 Å². The molecular weight excluding hydrogens is 386 g/mol. The summed E-state index contributed by atoms with van der Waals surface area (Å²) in [5.74, 6) is 0.921. The first kappa shape index (κ1) is 17.3. The molecule has 0 aliphatic rings. The molecule has 0 atom stereocenters. The highest BCUT2D eigenvalue weighted by Gasteiger charge is 2.12. The zero-order valence-electron chi connectivity index (χ0n) is 14.0. The van der Waals surface area contributed by atoms with Gasteiger partial charge in [-0.05, 0) is 38.0 Å². The molecule has 1 aromatic carbocycles. The van der Waals surface area contributed by atoms with Crippen molar-refractivity contribution in [3.63, 3.8) is 0 Å². The van der Waals surface area contributed by atoms with E-state index in [1.54, 1.807) is 11.0 Å². The molecule has 130 valence electrons. The van der Waals surface area contributed by atoms with Crippen molar-refractivity contribution in [1.82, 2.24) is 19.9 Å². The van der Waals surface area contributed by atoms with Crippen LogP contribution in [-0.2, 0) is 17.8 Å². The lowest BCUT2D eigenvalue weighted by atomic mass is 10.1. The highest BCUT2D eigenvalue weighted by Crippen LogP contribution is 2.15. The Morgan fingerprint density at radius 3 is 2.72 bits per heavy atom. The van der Waals surface area contributed by atoms with Crippen LogP contribution in [0.2, 0.25) is 0 Å². The average Bonchev–Trinajstić information content (AvgIpc) is 3.14. The fourth-order valence-corrected chi connectivity index (χ4v) is 2.75. The van der Waals surface area contributed by atoms with Crippen LogP contribution in [0.5, 0.6) is 0 Å². The summed E-state index contributed by atoms with van der Waals surface area (Å²) < 4.78 is 7.82. The van der Waals surface area contributed by atoms with Crippen molar-refractivity contribution in [3.8, 4) is 0 Å². The van der Waals surface area contributed by atoms with Crippen LogP contribution < -0.4 is 5.32 Å². The maximum Gasteiger partial charge on any atom is 0.248 e. The van der Waals surface area contributed by atoms with Crippen molar-refractivity contribution in [2.24, 2.45) is 0 Å². The number of hydrogen-bond donors (Lipinski definition) is 1. The molecule has 7 nitrogen and oxygen atoms in total. The van der Waals surface area contributed by atoms with Gasteiger partial charge in [0.1, 0.15) is 12.1 Å². The number of carbonyl (C=O) groups is 1. The Morgan fingerprint density at radius 2 is 2.04 bits per heavy atom. The molecule has 0 spiro atoms. The third kappa shape index (κ3) is 4.54. The zero-order chi connectivity index (χ0) is 17.8. The molecule has 2 aromatic heterocycles. The predicted molar refractivity (Wildman–Crippen MR) is 96.2 cm³/mol. The summed E-state index contributed by atoms with van der Waals surface area (Å²) in [6.07, 6.45) is 2.50. The van der Waals surface area contributed by atoms with E-state index >= 15 is 0 Å². The first-order chi connectivity index (χ1) is 12.0. The Morgan fingerprint density at radius 1 is 1.28 bits per heavy atom. The molecule has 1 amide bonds. The SMILES string of the molecule is Cc1noc(C)c1CCC(=O)Nc1ncn(Cc2ccc(Br)cc2)n1. The molecule has 2 heterocycles. The molecule has 3 aromatic rings. The lowest BCUT2D eigenvalue weighted by Gasteiger charge is -2.02. The summed E-state index contributed by atoms with van der Waals surface area (Å²) in [6, 6.07) is 7.97. The molecule has 0 fully saturated rings. The van der Waals surface area contributed by atoms with Gasteiger partial charge in [0.25, 0.3) is 0 Å². The molecule has 1 N–H and O–H groups in total. The molecule has 25 heavy (non-hydrogen) atoms. The van der Waals surface area contributed by atoms with Gasteiger partial charge in [-0.15, -0.1) is 5.10 Å². The van der Waals surface area contributed by atoms with E-state index in [9.17, 15) is 4.79 Å². The van der Waals surface area contributed by atoms with Crippen LogP contribution in [0.15, 0.2) is 39.6 Å². The second kappa shape index (κ2) is 7.60. The molecule has 3 rings (SSSR count). The largest absolute Gasteiger partial charge is 0.361 e. The lowest BCUT2D eigenvalue weighted by molar-refractivity contribution is -0.116. The quantitative estimate of drug-likeness (QED) is 0.682. The fourth-order valence-electron chi connectivity index (χ4n) is 2.49. The van der Waals surface area contributed by atoms with Gasteiger partial charge >= 0.3 is 0 Å². The molecule has 0 saturated heterocycles. The van der Waals surface area contributed by atoms with E-state index in [2.05, 4.69) is 36.5 Å². The monoisotopic (exact) mass is 403 g/mol. The van der Waals surface area contributed by atoms with Crippen LogP contribution in [0.3, 0.4) is 0 Å². The molecule has 0 aliphatic carbocycles. The van der Waals surface area contributed by atoms with Crippen LogP contribution in [-0.4, -0.2) is 25.8 Å². The topological polar surface area (TPSA) is 85.8 Å². The van der Waals surface area contributed by atoms with Gasteiger partial charge in [-0.1, -0.05) is 33.2 Å². The van der Waals surface area contributed by atoms with Gasteiger partial charge in [0.05, 0.1) is 12.2 Å². The third-order valence-corrected chi connectivity index (χ3v) is 4.36. The Hall–Kier alpha value is -2.48. The van der Waals surface area contributed by atoms with Crippen LogP contribution >= 0.6 is 15.9 Å². The number of aromatic nitrogens is 4. The van der Waals surface area contributed by atoms with E-state index in [0.29, 0.717) is 25.3 Å². The van der Waals surface area contributed by atoms with Crippen molar-refractivity contribution >= 4 is 27.8 Å². The summed E-state index contributed by atoms with van der Waals surface area (Å²) in [4.78, 5) is 16.2. The Balaban J connectivity index is 1.54. The number of rotatable bonds is 6. The maximum absolute atomic E-state index is 12.1. The minimum Gasteiger partial charge on any atom is -0.361 e. The van der Waals surface area contributed by atoms with E-state index in [4.69, 9.17) is 4.52 Å². The second-order valence-electron chi connectivity index (χ2n) is 5.74. The van der Waals surface area contributed by atoms with Crippen LogP contribution in [0, 0.1) is 13.8 Å². The molecule has 0 saturated carbocycles. The summed E-state index contributed by atoms with van der Waals surface area (Å²) in [6.45, 7) is 4.31. The van der Waals surface area contributed by atoms with Gasteiger partial charge in [-0.25, -0.2) is 9.67 Å². The first-order valence-electron chi connectivity index (χ1n) is 7.87. The number of benzene rings is 1. The van der Waals surface area contributed by atoms with E-state index in [0.717, 1.165) is 27.1 Å². The lowest BCUT2D eigenvalue weighted by Crippen LogP contribution is -2.14. The molecule has 0 aliphatic heterocycles. The normalized spacial score (nSPS) is 10.8. The van der Waals surface area contributed by atoms with Gasteiger partial charge in [-0.3, -0.25) is 10.1 Å². The number of hydrogen-bond acceptors (Lipinski definition) is 5. The summed E-state index contributed by atoms with van der Waals surface area (Å²) >= 11 is 3.41. The number of nitrogens with zero attached hydrogens (tertiary/aromatic N) is 4. The standard InChI is InChI=1S/C17H18BrN5O2/c1-11-15(12(2)25-22-11)7-8-16(24)20-17-19-10-23(21-17)9-13-3-5-14(18)6-4-13/h3-6,10H,7-9H2,1-2H3,(H,20,21,24). The molecule has 8 heteroatoms. The number of aryl methyl sites for hydroxylation is 2. The van der Waals surface area contributed by atoms with E-state index in [1.165, 1.54) is 0 Å². The molecule has 0 bridgehead atoms. The predicted octanol–water partition coefficient (Wildman–Crippen LogP) is 3.27. The van der Waals surface area contributed by atoms with Crippen molar-refractivity contribution in [1.29, 1.82) is 0 Å². The highest BCUT2D eigenvalue weighted by molar-refractivity contribution is 9.10. The van der Waals surface area contributed by atoms with Crippen molar-refractivity contribution in [3.05, 3.63) is 57.6 Å². The van der Waals surface area contributed by atoms with Gasteiger partial charge < -0.3 is 4.52 Å². The molecule has 0 unspecified atom stereocenters. The number of amides is 1. The number of halogens is 1. The highest BCUT2D eigenvalue weighted by atomic mass is 79.9. The number of anilines is 1. The number of carbonyl (C=O) groups excluding carboxylic acids is 1. The second-order valence-corrected chi connectivity index (χ2v) is 6.66. The molecule has 0 radical (unpaired) electrons. The van der Waals surface area contributed by atoms with Crippen LogP contribution in [0.1, 0.15) is 29.0 Å². The third-order valence-electron chi connectivity index (χ3n) is 3.83. The van der Waals surface area contributed by atoms with Crippen molar-refractivity contribution in [2.75, 3.05) is 5.32 Å². The van der Waals surface area contributed by atoms with Gasteiger partial charge in [-0.2, -0.15) is 0 Å². The smallest absolute Gasteiger partial charge is 0.248 e. The first-order valence-corrected chi connectivity index (χ1v) is 8.66. The molecular formula is C17H18BrN5O2. The van der Waals surface area contributed by atoms with E-state index < -0.39 is 0 Å². The van der Waals surface area contributed by atoms with Gasteiger partial charge in [0, 0.05) is 16.5 Å². The van der Waals surface area contributed by atoms with Gasteiger partial charge in [0.15, 0.2) is 0 Å². The summed E-state index contributed by atoms with van der Waals surface area (Å²) in [5, 5.41) is 10.9. The fraction of sp³-hybridized carbons (Fsp3) is 0.294. The minimum atomic E-state index is -0.138. The van der Waals surface area contributed by atoms with E-state index in [1.807, 2.05) is 38.1 Å².